The van der Waals surface area contributed by atoms with E-state index in [1.165, 1.54) is 19.0 Å². The van der Waals surface area contributed by atoms with Crippen LogP contribution in [0.2, 0.25) is 6.82 Å². The minimum atomic E-state index is -0.820. The second-order valence-electron chi connectivity index (χ2n) is 2.65. The molecule has 70 valence electrons. The van der Waals surface area contributed by atoms with Gasteiger partial charge in [-0.05, 0) is 53.2 Å². The molecule has 0 aromatic heterocycles. The first-order valence-electron chi connectivity index (χ1n) is 3.83. The van der Waals surface area contributed by atoms with E-state index < -0.39 is 7.12 Å². The van der Waals surface area contributed by atoms with E-state index >= 15 is 0 Å². The van der Waals surface area contributed by atoms with Crippen molar-refractivity contribution in [1.82, 2.24) is 0 Å². The zero-order valence-corrected chi connectivity index (χ0v) is 9.29. The van der Waals surface area contributed by atoms with Crippen molar-refractivity contribution in [3.63, 3.8) is 0 Å². The van der Waals surface area contributed by atoms with Crippen LogP contribution < -0.4 is 0 Å². The van der Waals surface area contributed by atoms with E-state index in [0.29, 0.717) is 0 Å². The summed E-state index contributed by atoms with van der Waals surface area (Å²) in [5.74, 6) is -0.287. The van der Waals surface area contributed by atoms with E-state index in [1.54, 1.807) is 6.07 Å². The van der Waals surface area contributed by atoms with Gasteiger partial charge in [0, 0.05) is 3.57 Å². The van der Waals surface area contributed by atoms with Crippen LogP contribution >= 0.6 is 22.6 Å². The zero-order chi connectivity index (χ0) is 9.84. The number of hydrogen-bond donors (Lipinski definition) is 1. The quantitative estimate of drug-likeness (QED) is 0.683. The van der Waals surface area contributed by atoms with Crippen molar-refractivity contribution in [3.8, 4) is 0 Å². The standard InChI is InChI=1S/C8H9BFIO2/c1-9(12)13-5-6-4-7(10)2-3-8(6)11/h2-4,12H,5H2,1H3. The lowest BCUT2D eigenvalue weighted by molar-refractivity contribution is 0.253. The Hall–Kier alpha value is -0.135. The fourth-order valence-corrected chi connectivity index (χ4v) is 1.36. The topological polar surface area (TPSA) is 29.5 Å². The van der Waals surface area contributed by atoms with Crippen molar-refractivity contribution in [2.24, 2.45) is 0 Å². The van der Waals surface area contributed by atoms with Gasteiger partial charge in [-0.15, -0.1) is 0 Å². The van der Waals surface area contributed by atoms with Crippen molar-refractivity contribution >= 4 is 29.7 Å². The molecule has 0 bridgehead atoms. The molecule has 1 aromatic carbocycles. The SMILES string of the molecule is CB(O)OCc1cc(F)ccc1I. The molecular weight excluding hydrogens is 285 g/mol. The van der Waals surface area contributed by atoms with Gasteiger partial charge in [0.25, 0.3) is 0 Å². The van der Waals surface area contributed by atoms with Crippen molar-refractivity contribution in [2.45, 2.75) is 13.4 Å². The lowest BCUT2D eigenvalue weighted by Gasteiger charge is -2.06. The molecule has 1 N–H and O–H groups in total. The summed E-state index contributed by atoms with van der Waals surface area (Å²) in [5.41, 5.74) is 0.751. The minimum Gasteiger partial charge on any atom is -0.427 e. The highest BCUT2D eigenvalue weighted by atomic mass is 127. The van der Waals surface area contributed by atoms with Gasteiger partial charge in [0.2, 0.25) is 0 Å². The van der Waals surface area contributed by atoms with Crippen LogP contribution in [0.25, 0.3) is 0 Å². The van der Waals surface area contributed by atoms with Crippen LogP contribution in [-0.2, 0) is 11.3 Å². The molecule has 5 heteroatoms. The summed E-state index contributed by atoms with van der Waals surface area (Å²) < 4.78 is 18.6. The molecule has 0 aliphatic rings. The van der Waals surface area contributed by atoms with Crippen LogP contribution in [0.4, 0.5) is 4.39 Å². The van der Waals surface area contributed by atoms with Crippen LogP contribution in [0, 0.1) is 9.39 Å². The molecule has 1 rings (SSSR count). The van der Waals surface area contributed by atoms with Crippen LogP contribution in [-0.4, -0.2) is 12.1 Å². The van der Waals surface area contributed by atoms with Gasteiger partial charge in [0.05, 0.1) is 6.61 Å². The molecule has 0 saturated carbocycles. The smallest absolute Gasteiger partial charge is 0.427 e. The molecule has 0 amide bonds. The molecule has 1 aromatic rings. The molecule has 0 spiro atoms. The minimum absolute atomic E-state index is 0.230. The van der Waals surface area contributed by atoms with Crippen molar-refractivity contribution in [3.05, 3.63) is 33.1 Å². The van der Waals surface area contributed by atoms with Gasteiger partial charge in [-0.25, -0.2) is 4.39 Å². The highest BCUT2D eigenvalue weighted by Crippen LogP contribution is 2.14. The summed E-state index contributed by atoms with van der Waals surface area (Å²) in [5, 5.41) is 8.86. The number of rotatable bonds is 3. The number of hydrogen-bond acceptors (Lipinski definition) is 2. The average molecular weight is 294 g/mol. The number of benzene rings is 1. The van der Waals surface area contributed by atoms with Gasteiger partial charge in [0.15, 0.2) is 0 Å². The van der Waals surface area contributed by atoms with Crippen molar-refractivity contribution in [2.75, 3.05) is 0 Å². The molecule has 0 heterocycles. The Morgan fingerprint density at radius 2 is 2.31 bits per heavy atom. The first kappa shape index (κ1) is 10.9. The van der Waals surface area contributed by atoms with E-state index in [2.05, 4.69) is 22.6 Å². The third-order valence-electron chi connectivity index (χ3n) is 1.49. The third kappa shape index (κ3) is 3.62. The van der Waals surface area contributed by atoms with E-state index in [0.717, 1.165) is 9.13 Å². The molecule has 2 nitrogen and oxygen atoms in total. The van der Waals surface area contributed by atoms with Gasteiger partial charge >= 0.3 is 7.12 Å². The Bertz CT molecular complexity index is 293. The molecule has 13 heavy (non-hydrogen) atoms. The largest absolute Gasteiger partial charge is 0.451 e. The summed E-state index contributed by atoms with van der Waals surface area (Å²) in [7, 11) is -0.820. The maximum Gasteiger partial charge on any atom is 0.451 e. The van der Waals surface area contributed by atoms with Gasteiger partial charge in [-0.3, -0.25) is 0 Å². The van der Waals surface area contributed by atoms with Gasteiger partial charge in [-0.2, -0.15) is 0 Å². The second kappa shape index (κ2) is 4.92. The Kier molecular flexibility index (Phi) is 4.15. The fraction of sp³-hybridized carbons (Fsp3) is 0.250. The molecule has 0 aliphatic carbocycles. The number of halogens is 2. The summed E-state index contributed by atoms with van der Waals surface area (Å²) in [6.45, 7) is 1.75. The fourth-order valence-electron chi connectivity index (χ4n) is 0.864. The molecule has 0 saturated heterocycles. The zero-order valence-electron chi connectivity index (χ0n) is 7.13. The highest BCUT2D eigenvalue weighted by Gasteiger charge is 2.06. The van der Waals surface area contributed by atoms with Crippen molar-refractivity contribution < 1.29 is 14.1 Å². The highest BCUT2D eigenvalue weighted by molar-refractivity contribution is 14.1. The summed E-state index contributed by atoms with van der Waals surface area (Å²) >= 11 is 2.10. The van der Waals surface area contributed by atoms with E-state index in [4.69, 9.17) is 9.68 Å². The summed E-state index contributed by atoms with van der Waals surface area (Å²) in [6.07, 6.45) is 0. The molecular formula is C8H9BFIO2. The Morgan fingerprint density at radius 1 is 1.62 bits per heavy atom. The summed E-state index contributed by atoms with van der Waals surface area (Å²) in [4.78, 5) is 0. The van der Waals surface area contributed by atoms with E-state index in [1.807, 2.05) is 0 Å². The normalized spacial score (nSPS) is 10.2. The summed E-state index contributed by atoms with van der Waals surface area (Å²) in [6, 6.07) is 4.48. The van der Waals surface area contributed by atoms with E-state index in [9.17, 15) is 4.39 Å². The predicted octanol–water partition coefficient (Wildman–Crippen LogP) is 2.06. The molecule has 0 radical (unpaired) electrons. The van der Waals surface area contributed by atoms with Crippen LogP contribution in [0.15, 0.2) is 18.2 Å². The van der Waals surface area contributed by atoms with Gasteiger partial charge in [-0.1, -0.05) is 0 Å². The van der Waals surface area contributed by atoms with E-state index in [-0.39, 0.29) is 12.4 Å². The Balaban J connectivity index is 2.70. The van der Waals surface area contributed by atoms with Gasteiger partial charge < -0.3 is 9.68 Å². The van der Waals surface area contributed by atoms with Crippen molar-refractivity contribution in [1.29, 1.82) is 0 Å². The van der Waals surface area contributed by atoms with Crippen LogP contribution in [0.5, 0.6) is 0 Å². The van der Waals surface area contributed by atoms with Crippen LogP contribution in [0.1, 0.15) is 5.56 Å². The monoisotopic (exact) mass is 294 g/mol. The lowest BCUT2D eigenvalue weighted by atomic mass is 9.97. The molecule has 0 aliphatic heterocycles. The maximum atomic E-state index is 12.8. The molecule has 0 atom stereocenters. The van der Waals surface area contributed by atoms with Gasteiger partial charge in [0.1, 0.15) is 5.82 Å². The molecule has 0 unspecified atom stereocenters. The lowest BCUT2D eigenvalue weighted by Crippen LogP contribution is -2.12. The second-order valence-corrected chi connectivity index (χ2v) is 3.81. The van der Waals surface area contributed by atoms with Crippen LogP contribution in [0.3, 0.4) is 0 Å². The Morgan fingerprint density at radius 3 is 2.92 bits per heavy atom. The predicted molar refractivity (Wildman–Crippen MR) is 57.7 cm³/mol. The average Bonchev–Trinajstić information content (AvgIpc) is 2.06. The first-order valence-corrected chi connectivity index (χ1v) is 4.91. The maximum absolute atomic E-state index is 12.8. The third-order valence-corrected chi connectivity index (χ3v) is 2.54. The first-order chi connectivity index (χ1) is 6.09. The Labute approximate surface area is 90.4 Å². The molecule has 0 fully saturated rings.